The van der Waals surface area contributed by atoms with Crippen LogP contribution in [0.1, 0.15) is 22.8 Å². The number of hydrogen-bond acceptors (Lipinski definition) is 3. The van der Waals surface area contributed by atoms with Gasteiger partial charge in [-0.15, -0.1) is 0 Å². The van der Waals surface area contributed by atoms with Gasteiger partial charge in [0.25, 0.3) is 0 Å². The van der Waals surface area contributed by atoms with Gasteiger partial charge in [0.05, 0.1) is 13.5 Å². The number of carbonyl (C=O) groups is 1. The molecule has 1 fully saturated rings. The molecule has 1 aliphatic rings. The van der Waals surface area contributed by atoms with Crippen molar-refractivity contribution in [3.8, 4) is 5.75 Å². The summed E-state index contributed by atoms with van der Waals surface area (Å²) in [5, 5.41) is 1.16. The summed E-state index contributed by atoms with van der Waals surface area (Å²) in [4.78, 5) is 14.7. The van der Waals surface area contributed by atoms with Crippen molar-refractivity contribution < 1.29 is 9.53 Å². The molecule has 0 aromatic heterocycles. The number of halogens is 1. The number of ether oxygens (including phenoxy) is 1. The summed E-state index contributed by atoms with van der Waals surface area (Å²) in [6.45, 7) is 1.54. The molecular formula is C20H22ClNO2S. The number of nitrogens with zero attached hydrogens (tertiary/aromatic N) is 1. The van der Waals surface area contributed by atoms with Crippen LogP contribution >= 0.6 is 23.4 Å². The molecule has 0 spiro atoms. The standard InChI is InChI=1S/C20H22ClNO2S/c1-24-18-9-5-2-6-15(18)14-20(23)22-11-10-19(25-13-12-22)16-7-3-4-8-17(16)21/h2-9,19H,10-14H2,1H3/t19-/m1/s1. The highest BCUT2D eigenvalue weighted by Crippen LogP contribution is 2.37. The second kappa shape index (κ2) is 8.63. The zero-order valence-corrected chi connectivity index (χ0v) is 15.9. The van der Waals surface area contributed by atoms with Gasteiger partial charge in [-0.2, -0.15) is 11.8 Å². The van der Waals surface area contributed by atoms with E-state index in [1.165, 1.54) is 5.56 Å². The van der Waals surface area contributed by atoms with Crippen molar-refractivity contribution in [2.75, 3.05) is 26.0 Å². The molecule has 3 rings (SSSR count). The second-order valence-electron chi connectivity index (χ2n) is 6.04. The maximum atomic E-state index is 12.7. The number of hydrogen-bond donors (Lipinski definition) is 0. The predicted molar refractivity (Wildman–Crippen MR) is 105 cm³/mol. The van der Waals surface area contributed by atoms with E-state index in [9.17, 15) is 4.79 Å². The van der Waals surface area contributed by atoms with Crippen molar-refractivity contribution in [2.45, 2.75) is 18.1 Å². The summed E-state index contributed by atoms with van der Waals surface area (Å²) in [7, 11) is 1.64. The van der Waals surface area contributed by atoms with Gasteiger partial charge in [0.1, 0.15) is 5.75 Å². The zero-order valence-electron chi connectivity index (χ0n) is 14.3. The molecular weight excluding hydrogens is 354 g/mol. The van der Waals surface area contributed by atoms with Crippen LogP contribution in [0.25, 0.3) is 0 Å². The Bertz CT molecular complexity index is 737. The molecule has 1 aliphatic heterocycles. The predicted octanol–water partition coefficient (Wildman–Crippen LogP) is 4.60. The van der Waals surface area contributed by atoms with E-state index in [1.54, 1.807) is 7.11 Å². The molecule has 0 unspecified atom stereocenters. The average Bonchev–Trinajstić information content (AvgIpc) is 2.89. The zero-order chi connectivity index (χ0) is 17.6. The van der Waals surface area contributed by atoms with Crippen molar-refractivity contribution in [3.05, 3.63) is 64.7 Å². The molecule has 3 nitrogen and oxygen atoms in total. The summed E-state index contributed by atoms with van der Waals surface area (Å²) >= 11 is 8.23. The smallest absolute Gasteiger partial charge is 0.227 e. The Balaban J connectivity index is 1.65. The van der Waals surface area contributed by atoms with Gasteiger partial charge in [-0.1, -0.05) is 48.0 Å². The van der Waals surface area contributed by atoms with E-state index >= 15 is 0 Å². The van der Waals surface area contributed by atoms with Gasteiger partial charge in [-0.3, -0.25) is 4.79 Å². The Kier molecular flexibility index (Phi) is 6.27. The third-order valence-corrected chi connectivity index (χ3v) is 6.13. The van der Waals surface area contributed by atoms with Crippen LogP contribution in [0.2, 0.25) is 5.02 Å². The van der Waals surface area contributed by atoms with E-state index < -0.39 is 0 Å². The molecule has 1 saturated heterocycles. The monoisotopic (exact) mass is 375 g/mol. The van der Waals surface area contributed by atoms with Gasteiger partial charge >= 0.3 is 0 Å². The number of methoxy groups -OCH3 is 1. The van der Waals surface area contributed by atoms with Crippen LogP contribution in [0.15, 0.2) is 48.5 Å². The Labute approximate surface area is 158 Å². The Morgan fingerprint density at radius 1 is 1.20 bits per heavy atom. The van der Waals surface area contributed by atoms with Gasteiger partial charge < -0.3 is 9.64 Å². The number of thioether (sulfide) groups is 1. The first-order chi connectivity index (χ1) is 12.2. The second-order valence-corrected chi connectivity index (χ2v) is 7.76. The average molecular weight is 376 g/mol. The lowest BCUT2D eigenvalue weighted by Gasteiger charge is -2.21. The summed E-state index contributed by atoms with van der Waals surface area (Å²) < 4.78 is 5.36. The lowest BCUT2D eigenvalue weighted by Crippen LogP contribution is -2.34. The van der Waals surface area contributed by atoms with Crippen molar-refractivity contribution in [2.24, 2.45) is 0 Å². The largest absolute Gasteiger partial charge is 0.496 e. The first-order valence-corrected chi connectivity index (χ1v) is 9.87. The van der Waals surface area contributed by atoms with Gasteiger partial charge in [0.2, 0.25) is 5.91 Å². The van der Waals surface area contributed by atoms with E-state index in [1.807, 2.05) is 59.1 Å². The molecule has 132 valence electrons. The molecule has 0 bridgehead atoms. The number of amides is 1. The Morgan fingerprint density at radius 3 is 2.76 bits per heavy atom. The fraction of sp³-hybridized carbons (Fsp3) is 0.350. The fourth-order valence-electron chi connectivity index (χ4n) is 3.13. The quantitative estimate of drug-likeness (QED) is 0.782. The van der Waals surface area contributed by atoms with Crippen LogP contribution in [0.5, 0.6) is 5.75 Å². The molecule has 0 aliphatic carbocycles. The molecule has 0 N–H and O–H groups in total. The SMILES string of the molecule is COc1ccccc1CC(=O)N1CCS[C@@H](c2ccccc2Cl)CC1. The van der Waals surface area contributed by atoms with Gasteiger partial charge in [-0.05, 0) is 24.1 Å². The maximum Gasteiger partial charge on any atom is 0.227 e. The van der Waals surface area contributed by atoms with Crippen molar-refractivity contribution >= 4 is 29.3 Å². The minimum atomic E-state index is 0.157. The minimum Gasteiger partial charge on any atom is -0.496 e. The van der Waals surface area contributed by atoms with E-state index in [0.717, 1.165) is 41.6 Å². The van der Waals surface area contributed by atoms with Crippen molar-refractivity contribution in [1.29, 1.82) is 0 Å². The highest BCUT2D eigenvalue weighted by atomic mass is 35.5. The Morgan fingerprint density at radius 2 is 1.96 bits per heavy atom. The lowest BCUT2D eigenvalue weighted by atomic mass is 10.1. The molecule has 0 saturated carbocycles. The van der Waals surface area contributed by atoms with Gasteiger partial charge in [0.15, 0.2) is 0 Å². The van der Waals surface area contributed by atoms with Gasteiger partial charge in [0, 0.05) is 34.7 Å². The lowest BCUT2D eigenvalue weighted by molar-refractivity contribution is -0.130. The molecule has 2 aromatic carbocycles. The van der Waals surface area contributed by atoms with Crippen LogP contribution in [-0.2, 0) is 11.2 Å². The molecule has 1 atom stereocenters. The normalized spacial score (nSPS) is 17.8. The first-order valence-electron chi connectivity index (χ1n) is 8.44. The molecule has 2 aromatic rings. The van der Waals surface area contributed by atoms with Crippen LogP contribution in [0.4, 0.5) is 0 Å². The topological polar surface area (TPSA) is 29.5 Å². The minimum absolute atomic E-state index is 0.157. The molecule has 0 radical (unpaired) electrons. The van der Waals surface area contributed by atoms with E-state index in [0.29, 0.717) is 11.7 Å². The third kappa shape index (κ3) is 4.50. The number of para-hydroxylation sites is 1. The fourth-order valence-corrected chi connectivity index (χ4v) is 4.73. The molecule has 5 heteroatoms. The Hall–Kier alpha value is -1.65. The number of benzene rings is 2. The van der Waals surface area contributed by atoms with Crippen LogP contribution < -0.4 is 4.74 Å². The molecule has 25 heavy (non-hydrogen) atoms. The highest BCUT2D eigenvalue weighted by molar-refractivity contribution is 7.99. The maximum absolute atomic E-state index is 12.7. The van der Waals surface area contributed by atoms with Crippen LogP contribution in [0, 0.1) is 0 Å². The van der Waals surface area contributed by atoms with Crippen LogP contribution in [-0.4, -0.2) is 36.8 Å². The molecule has 1 amide bonds. The van der Waals surface area contributed by atoms with Crippen molar-refractivity contribution in [3.63, 3.8) is 0 Å². The number of carbonyl (C=O) groups excluding carboxylic acids is 1. The summed E-state index contributed by atoms with van der Waals surface area (Å²) in [5.74, 6) is 1.85. The van der Waals surface area contributed by atoms with E-state index in [-0.39, 0.29) is 5.91 Å². The van der Waals surface area contributed by atoms with E-state index in [2.05, 4.69) is 6.07 Å². The van der Waals surface area contributed by atoms with Gasteiger partial charge in [-0.25, -0.2) is 0 Å². The van der Waals surface area contributed by atoms with E-state index in [4.69, 9.17) is 16.3 Å². The summed E-state index contributed by atoms with van der Waals surface area (Å²) in [6.07, 6.45) is 1.30. The summed E-state index contributed by atoms with van der Waals surface area (Å²) in [6, 6.07) is 15.7. The molecule has 1 heterocycles. The summed E-state index contributed by atoms with van der Waals surface area (Å²) in [5.41, 5.74) is 2.11. The number of rotatable bonds is 4. The van der Waals surface area contributed by atoms with Crippen LogP contribution in [0.3, 0.4) is 0 Å². The highest BCUT2D eigenvalue weighted by Gasteiger charge is 2.23. The third-order valence-electron chi connectivity index (χ3n) is 4.48. The van der Waals surface area contributed by atoms with Crippen molar-refractivity contribution in [1.82, 2.24) is 4.90 Å². The first kappa shape index (κ1) is 18.2.